The van der Waals surface area contributed by atoms with E-state index < -0.39 is 0 Å². The molecule has 2 rings (SSSR count). The summed E-state index contributed by atoms with van der Waals surface area (Å²) >= 11 is 0. The molecule has 1 atom stereocenters. The van der Waals surface area contributed by atoms with E-state index in [0.717, 1.165) is 22.6 Å². The Bertz CT molecular complexity index is 674. The van der Waals surface area contributed by atoms with Gasteiger partial charge in [-0.25, -0.2) is 0 Å². The predicted molar refractivity (Wildman–Crippen MR) is 97.5 cm³/mol. The van der Waals surface area contributed by atoms with E-state index in [-0.39, 0.29) is 24.2 Å². The second kappa shape index (κ2) is 8.44. The highest BCUT2D eigenvalue weighted by Gasteiger charge is 2.15. The number of amides is 1. The number of benzene rings is 2. The highest BCUT2D eigenvalue weighted by Crippen LogP contribution is 2.29. The molecule has 0 saturated carbocycles. The number of rotatable bonds is 5. The first-order valence-corrected chi connectivity index (χ1v) is 7.30. The first kappa shape index (κ1) is 18.8. The van der Waals surface area contributed by atoms with E-state index in [9.17, 15) is 4.79 Å². The normalized spacial score (nSPS) is 11.3. The van der Waals surface area contributed by atoms with Gasteiger partial charge < -0.3 is 15.8 Å². The fourth-order valence-electron chi connectivity index (χ4n) is 2.44. The van der Waals surface area contributed by atoms with Crippen molar-refractivity contribution in [2.75, 3.05) is 18.2 Å². The number of para-hydroxylation sites is 1. The molecule has 0 heterocycles. The number of ether oxygens (including phenoxy) is 1. The number of aryl methyl sites for hydroxylation is 1. The number of carbonyl (C=O) groups excluding carboxylic acids is 1. The molecule has 0 radical (unpaired) electrons. The summed E-state index contributed by atoms with van der Waals surface area (Å²) in [4.78, 5) is 12.3. The molecular formula is C18H23ClN2O2. The molecule has 124 valence electrons. The minimum absolute atomic E-state index is 0. The lowest BCUT2D eigenvalue weighted by molar-refractivity contribution is -0.116. The van der Waals surface area contributed by atoms with Crippen LogP contribution in [0.4, 0.5) is 11.4 Å². The Morgan fingerprint density at radius 1 is 1.26 bits per heavy atom. The number of nitrogens with one attached hydrogen (secondary N) is 1. The van der Waals surface area contributed by atoms with Crippen molar-refractivity contribution in [1.29, 1.82) is 0 Å². The summed E-state index contributed by atoms with van der Waals surface area (Å²) in [5.74, 6) is 0.840. The van der Waals surface area contributed by atoms with Gasteiger partial charge in [-0.3, -0.25) is 4.79 Å². The first-order chi connectivity index (χ1) is 10.5. The van der Waals surface area contributed by atoms with Gasteiger partial charge in [-0.1, -0.05) is 31.2 Å². The van der Waals surface area contributed by atoms with Crippen LogP contribution in [0.25, 0.3) is 0 Å². The van der Waals surface area contributed by atoms with Crippen LogP contribution in [0.5, 0.6) is 5.75 Å². The predicted octanol–water partition coefficient (Wildman–Crippen LogP) is 4.14. The van der Waals surface area contributed by atoms with Crippen LogP contribution in [0, 0.1) is 6.92 Å². The molecule has 1 unspecified atom stereocenters. The van der Waals surface area contributed by atoms with Crippen molar-refractivity contribution in [1.82, 2.24) is 0 Å². The van der Waals surface area contributed by atoms with E-state index in [2.05, 4.69) is 5.32 Å². The Labute approximate surface area is 143 Å². The third kappa shape index (κ3) is 4.89. The maximum atomic E-state index is 12.3. The van der Waals surface area contributed by atoms with E-state index >= 15 is 0 Å². The van der Waals surface area contributed by atoms with Crippen molar-refractivity contribution >= 4 is 29.7 Å². The average molecular weight is 335 g/mol. The summed E-state index contributed by atoms with van der Waals surface area (Å²) in [7, 11) is 1.64. The molecule has 2 aromatic carbocycles. The molecule has 0 aromatic heterocycles. The average Bonchev–Trinajstić information content (AvgIpc) is 2.50. The number of carbonyl (C=O) groups is 1. The summed E-state index contributed by atoms with van der Waals surface area (Å²) in [6.45, 7) is 3.96. The summed E-state index contributed by atoms with van der Waals surface area (Å²) in [5.41, 5.74) is 9.19. The van der Waals surface area contributed by atoms with Gasteiger partial charge >= 0.3 is 0 Å². The number of hydrogen-bond acceptors (Lipinski definition) is 3. The highest BCUT2D eigenvalue weighted by molar-refractivity contribution is 5.92. The minimum Gasteiger partial charge on any atom is -0.496 e. The molecule has 2 aromatic rings. The first-order valence-electron chi connectivity index (χ1n) is 7.30. The molecule has 0 aliphatic carbocycles. The van der Waals surface area contributed by atoms with Crippen molar-refractivity contribution in [2.45, 2.75) is 26.2 Å². The lowest BCUT2D eigenvalue weighted by atomic mass is 9.96. The van der Waals surface area contributed by atoms with Gasteiger partial charge in [0.15, 0.2) is 0 Å². The van der Waals surface area contributed by atoms with Gasteiger partial charge in [0.2, 0.25) is 5.91 Å². The smallest absolute Gasteiger partial charge is 0.224 e. The van der Waals surface area contributed by atoms with Gasteiger partial charge in [0, 0.05) is 17.8 Å². The maximum absolute atomic E-state index is 12.3. The van der Waals surface area contributed by atoms with Gasteiger partial charge in [0.1, 0.15) is 5.75 Å². The van der Waals surface area contributed by atoms with E-state index in [0.29, 0.717) is 12.1 Å². The van der Waals surface area contributed by atoms with Gasteiger partial charge in [0.25, 0.3) is 0 Å². The zero-order valence-corrected chi connectivity index (χ0v) is 14.4. The van der Waals surface area contributed by atoms with Crippen LogP contribution in [0.1, 0.15) is 30.4 Å². The molecule has 0 fully saturated rings. The summed E-state index contributed by atoms with van der Waals surface area (Å²) in [6.07, 6.45) is 0.384. The topological polar surface area (TPSA) is 64.3 Å². The Kier molecular flexibility index (Phi) is 6.91. The molecule has 1 amide bonds. The number of nitrogens with two attached hydrogens (primary N) is 1. The van der Waals surface area contributed by atoms with Crippen molar-refractivity contribution in [2.24, 2.45) is 0 Å². The number of halogens is 1. The second-order valence-electron chi connectivity index (χ2n) is 5.47. The van der Waals surface area contributed by atoms with E-state index in [1.54, 1.807) is 13.2 Å². The zero-order valence-electron chi connectivity index (χ0n) is 13.6. The molecule has 0 aliphatic rings. The lowest BCUT2D eigenvalue weighted by Crippen LogP contribution is -2.15. The van der Waals surface area contributed by atoms with Crippen LogP contribution >= 0.6 is 12.4 Å². The molecule has 0 saturated heterocycles. The summed E-state index contributed by atoms with van der Waals surface area (Å²) < 4.78 is 5.35. The van der Waals surface area contributed by atoms with Crippen LogP contribution in [0.3, 0.4) is 0 Å². The number of anilines is 2. The van der Waals surface area contributed by atoms with Crippen LogP contribution < -0.4 is 15.8 Å². The largest absolute Gasteiger partial charge is 0.496 e. The fraction of sp³-hybridized carbons (Fsp3) is 0.278. The number of methoxy groups -OCH3 is 1. The Morgan fingerprint density at radius 3 is 2.65 bits per heavy atom. The summed E-state index contributed by atoms with van der Waals surface area (Å²) in [6, 6.07) is 13.3. The van der Waals surface area contributed by atoms with E-state index in [4.69, 9.17) is 10.5 Å². The fourth-order valence-corrected chi connectivity index (χ4v) is 2.44. The Balaban J connectivity index is 0.00000264. The molecule has 0 spiro atoms. The van der Waals surface area contributed by atoms with Gasteiger partial charge in [-0.15, -0.1) is 12.4 Å². The Hall–Kier alpha value is -2.20. The van der Waals surface area contributed by atoms with Crippen molar-refractivity contribution in [3.05, 3.63) is 53.6 Å². The van der Waals surface area contributed by atoms with Crippen LogP contribution in [-0.2, 0) is 4.79 Å². The molecule has 0 bridgehead atoms. The van der Waals surface area contributed by atoms with E-state index in [1.165, 1.54) is 0 Å². The van der Waals surface area contributed by atoms with Gasteiger partial charge in [-0.2, -0.15) is 0 Å². The minimum atomic E-state index is -0.0351. The monoisotopic (exact) mass is 334 g/mol. The van der Waals surface area contributed by atoms with E-state index in [1.807, 2.05) is 50.2 Å². The SMILES string of the molecule is COc1ccccc1C(C)CC(=O)Nc1cc(N)ccc1C.Cl. The van der Waals surface area contributed by atoms with Gasteiger partial charge in [-0.05, 0) is 42.2 Å². The zero-order chi connectivity index (χ0) is 16.1. The number of nitrogen functional groups attached to an aromatic ring is 1. The van der Waals surface area contributed by atoms with Crippen molar-refractivity contribution < 1.29 is 9.53 Å². The molecule has 3 N–H and O–H groups in total. The number of hydrogen-bond donors (Lipinski definition) is 2. The molecular weight excluding hydrogens is 312 g/mol. The molecule has 0 aliphatic heterocycles. The summed E-state index contributed by atoms with van der Waals surface area (Å²) in [5, 5.41) is 2.93. The Morgan fingerprint density at radius 2 is 1.96 bits per heavy atom. The quantitative estimate of drug-likeness (QED) is 0.808. The maximum Gasteiger partial charge on any atom is 0.224 e. The highest BCUT2D eigenvalue weighted by atomic mass is 35.5. The van der Waals surface area contributed by atoms with Crippen LogP contribution in [0.15, 0.2) is 42.5 Å². The van der Waals surface area contributed by atoms with Crippen LogP contribution in [0.2, 0.25) is 0 Å². The lowest BCUT2D eigenvalue weighted by Gasteiger charge is -2.16. The third-order valence-electron chi connectivity index (χ3n) is 3.70. The standard InChI is InChI=1S/C18H22N2O2.ClH/c1-12-8-9-14(19)11-16(12)20-18(21)10-13(2)15-6-4-5-7-17(15)22-3;/h4-9,11,13H,10,19H2,1-3H3,(H,20,21);1H. The van der Waals surface area contributed by atoms with Crippen LogP contribution in [-0.4, -0.2) is 13.0 Å². The van der Waals surface area contributed by atoms with Gasteiger partial charge in [0.05, 0.1) is 7.11 Å². The van der Waals surface area contributed by atoms with Crippen molar-refractivity contribution in [3.8, 4) is 5.75 Å². The van der Waals surface area contributed by atoms with Crippen molar-refractivity contribution in [3.63, 3.8) is 0 Å². The molecule has 5 heteroatoms. The molecule has 4 nitrogen and oxygen atoms in total. The molecule has 23 heavy (non-hydrogen) atoms. The third-order valence-corrected chi connectivity index (χ3v) is 3.70. The second-order valence-corrected chi connectivity index (χ2v) is 5.47.